The highest BCUT2D eigenvalue weighted by Crippen LogP contribution is 2.48. The molecule has 1 fully saturated rings. The lowest BCUT2D eigenvalue weighted by Gasteiger charge is -2.47. The lowest BCUT2D eigenvalue weighted by molar-refractivity contribution is 0.249. The Kier molecular flexibility index (Phi) is 5.28. The number of benzene rings is 1. The molecule has 2 bridgehead atoms. The molecule has 1 saturated heterocycles. The second kappa shape index (κ2) is 7.70. The number of fused-ring (bicyclic) bond motifs is 2. The first-order valence-corrected chi connectivity index (χ1v) is 10.6. The van der Waals surface area contributed by atoms with Crippen LogP contribution in [0.3, 0.4) is 0 Å². The maximum absolute atomic E-state index is 9.73. The summed E-state index contributed by atoms with van der Waals surface area (Å²) in [5.74, 6) is 3.83. The minimum absolute atomic E-state index is 0.0127. The number of aliphatic hydroxyl groups excluding tert-OH is 1. The number of rotatable bonds is 6. The van der Waals surface area contributed by atoms with Gasteiger partial charge in [0, 0.05) is 24.4 Å². The lowest BCUT2D eigenvalue weighted by atomic mass is 9.75. The van der Waals surface area contributed by atoms with E-state index in [4.69, 9.17) is 9.97 Å². The Morgan fingerprint density at radius 2 is 1.86 bits per heavy atom. The van der Waals surface area contributed by atoms with Crippen LogP contribution >= 0.6 is 0 Å². The first-order chi connectivity index (χ1) is 13.5. The van der Waals surface area contributed by atoms with Gasteiger partial charge in [-0.2, -0.15) is 0 Å². The standard InChI is InChI=1S/C23H32N4O/c1-14(2)19(13-28)24-21-11-22(26-23(25-21)15(3)4)27-12-16-9-10-20(27)18-8-6-5-7-17(16)18/h5-8,11,14-16,19-20,28H,9-10,12-13H2,1-4H3,(H,24,25,26)/t16-,19-,20+/m1/s1. The molecule has 0 unspecified atom stereocenters. The molecule has 2 aromatic rings. The molecule has 3 atom stereocenters. The predicted molar refractivity (Wildman–Crippen MR) is 114 cm³/mol. The van der Waals surface area contributed by atoms with Crippen molar-refractivity contribution < 1.29 is 5.11 Å². The molecule has 0 spiro atoms. The van der Waals surface area contributed by atoms with Crippen molar-refractivity contribution in [2.45, 2.75) is 64.5 Å². The van der Waals surface area contributed by atoms with E-state index in [0.29, 0.717) is 17.9 Å². The van der Waals surface area contributed by atoms with E-state index >= 15 is 0 Å². The van der Waals surface area contributed by atoms with Gasteiger partial charge in [-0.25, -0.2) is 9.97 Å². The monoisotopic (exact) mass is 380 g/mol. The third-order valence-electron chi connectivity index (χ3n) is 6.25. The molecule has 5 heteroatoms. The minimum atomic E-state index is -0.0127. The number of aliphatic hydroxyl groups is 1. The molecule has 3 aliphatic rings. The average molecular weight is 381 g/mol. The van der Waals surface area contributed by atoms with E-state index in [1.165, 1.54) is 24.0 Å². The van der Waals surface area contributed by atoms with E-state index in [1.54, 1.807) is 0 Å². The smallest absolute Gasteiger partial charge is 0.135 e. The summed E-state index contributed by atoms with van der Waals surface area (Å²) < 4.78 is 0. The number of piperidine rings is 1. The van der Waals surface area contributed by atoms with E-state index in [0.717, 1.165) is 24.0 Å². The van der Waals surface area contributed by atoms with E-state index in [2.05, 4.69) is 68.2 Å². The van der Waals surface area contributed by atoms with Gasteiger partial charge >= 0.3 is 0 Å². The maximum Gasteiger partial charge on any atom is 0.135 e. The Balaban J connectivity index is 1.70. The highest BCUT2D eigenvalue weighted by molar-refractivity contribution is 5.55. The molecule has 5 rings (SSSR count). The van der Waals surface area contributed by atoms with Gasteiger partial charge in [-0.3, -0.25) is 0 Å². The quantitative estimate of drug-likeness (QED) is 0.774. The Morgan fingerprint density at radius 3 is 2.54 bits per heavy atom. The molecular weight excluding hydrogens is 348 g/mol. The van der Waals surface area contributed by atoms with E-state index in [9.17, 15) is 5.11 Å². The fourth-order valence-corrected chi connectivity index (χ4v) is 4.53. The Bertz CT molecular complexity index is 835. The third-order valence-corrected chi connectivity index (χ3v) is 6.25. The van der Waals surface area contributed by atoms with Crippen LogP contribution in [0.25, 0.3) is 0 Å². The van der Waals surface area contributed by atoms with Crippen molar-refractivity contribution in [2.75, 3.05) is 23.4 Å². The predicted octanol–water partition coefficient (Wildman–Crippen LogP) is 4.47. The molecule has 0 radical (unpaired) electrons. The molecule has 2 N–H and O–H groups in total. The van der Waals surface area contributed by atoms with Gasteiger partial charge in [0.2, 0.25) is 0 Å². The van der Waals surface area contributed by atoms with Crippen molar-refractivity contribution in [1.29, 1.82) is 0 Å². The summed E-state index contributed by atoms with van der Waals surface area (Å²) in [6.07, 6.45) is 2.43. The molecule has 2 aliphatic heterocycles. The normalized spacial score (nSPS) is 21.9. The summed E-state index contributed by atoms with van der Waals surface area (Å²) in [6.45, 7) is 9.60. The fraction of sp³-hybridized carbons (Fsp3) is 0.565. The van der Waals surface area contributed by atoms with Gasteiger partial charge in [-0.05, 0) is 29.9 Å². The van der Waals surface area contributed by atoms with Crippen LogP contribution in [-0.2, 0) is 0 Å². The van der Waals surface area contributed by atoms with Crippen molar-refractivity contribution in [1.82, 2.24) is 9.97 Å². The number of anilines is 2. The van der Waals surface area contributed by atoms with E-state index in [-0.39, 0.29) is 18.6 Å². The van der Waals surface area contributed by atoms with Crippen LogP contribution in [0.15, 0.2) is 30.3 Å². The van der Waals surface area contributed by atoms with Gasteiger partial charge in [0.1, 0.15) is 17.5 Å². The van der Waals surface area contributed by atoms with Crippen LogP contribution < -0.4 is 10.2 Å². The van der Waals surface area contributed by atoms with Crippen molar-refractivity contribution in [3.05, 3.63) is 47.3 Å². The Hall–Kier alpha value is -2.14. The van der Waals surface area contributed by atoms with Crippen LogP contribution in [-0.4, -0.2) is 34.3 Å². The first-order valence-electron chi connectivity index (χ1n) is 10.6. The average Bonchev–Trinajstić information content (AvgIpc) is 2.72. The maximum atomic E-state index is 9.73. The minimum Gasteiger partial charge on any atom is -0.394 e. The largest absolute Gasteiger partial charge is 0.394 e. The van der Waals surface area contributed by atoms with E-state index < -0.39 is 0 Å². The zero-order valence-electron chi connectivity index (χ0n) is 17.4. The second-order valence-corrected chi connectivity index (χ2v) is 8.87. The van der Waals surface area contributed by atoms with Crippen molar-refractivity contribution >= 4 is 11.6 Å². The Morgan fingerprint density at radius 1 is 1.11 bits per heavy atom. The lowest BCUT2D eigenvalue weighted by Crippen LogP contribution is -2.43. The fourth-order valence-electron chi connectivity index (χ4n) is 4.53. The van der Waals surface area contributed by atoms with Gasteiger partial charge in [-0.1, -0.05) is 52.0 Å². The topological polar surface area (TPSA) is 61.3 Å². The molecule has 3 heterocycles. The zero-order valence-corrected chi connectivity index (χ0v) is 17.4. The number of aromatic nitrogens is 2. The number of hydrogen-bond donors (Lipinski definition) is 2. The second-order valence-electron chi connectivity index (χ2n) is 8.87. The van der Waals surface area contributed by atoms with Gasteiger partial charge in [-0.15, -0.1) is 0 Å². The number of nitrogens with one attached hydrogen (secondary N) is 1. The zero-order chi connectivity index (χ0) is 19.8. The first kappa shape index (κ1) is 19.2. The highest BCUT2D eigenvalue weighted by Gasteiger charge is 2.38. The van der Waals surface area contributed by atoms with Crippen LogP contribution in [0.1, 0.15) is 75.4 Å². The summed E-state index contributed by atoms with van der Waals surface area (Å²) in [6, 6.07) is 11.3. The molecule has 150 valence electrons. The van der Waals surface area contributed by atoms with Crippen molar-refractivity contribution in [3.63, 3.8) is 0 Å². The summed E-state index contributed by atoms with van der Waals surface area (Å²) in [7, 11) is 0. The van der Waals surface area contributed by atoms with Gasteiger partial charge in [0.05, 0.1) is 18.7 Å². The Labute approximate surface area is 168 Å². The molecule has 0 amide bonds. The van der Waals surface area contributed by atoms with Crippen LogP contribution in [0, 0.1) is 5.92 Å². The molecule has 1 aromatic carbocycles. The number of nitrogens with zero attached hydrogens (tertiary/aromatic N) is 3. The van der Waals surface area contributed by atoms with Crippen molar-refractivity contribution in [2.24, 2.45) is 5.92 Å². The highest BCUT2D eigenvalue weighted by atomic mass is 16.3. The van der Waals surface area contributed by atoms with Gasteiger partial charge < -0.3 is 15.3 Å². The van der Waals surface area contributed by atoms with Crippen molar-refractivity contribution in [3.8, 4) is 0 Å². The molecule has 5 nitrogen and oxygen atoms in total. The summed E-state index contributed by atoms with van der Waals surface area (Å²) >= 11 is 0. The van der Waals surface area contributed by atoms with E-state index in [1.807, 2.05) is 0 Å². The molecule has 1 aromatic heterocycles. The molecule has 28 heavy (non-hydrogen) atoms. The molecule has 0 saturated carbocycles. The molecule has 1 aliphatic carbocycles. The summed E-state index contributed by atoms with van der Waals surface area (Å²) in [5, 5.41) is 13.2. The van der Waals surface area contributed by atoms with Gasteiger partial charge in [0.25, 0.3) is 0 Å². The van der Waals surface area contributed by atoms with Gasteiger partial charge in [0.15, 0.2) is 0 Å². The van der Waals surface area contributed by atoms with Crippen LogP contribution in [0.5, 0.6) is 0 Å². The van der Waals surface area contributed by atoms with Crippen LogP contribution in [0.2, 0.25) is 0 Å². The summed E-state index contributed by atoms with van der Waals surface area (Å²) in [5.41, 5.74) is 2.98. The SMILES string of the molecule is CC(C)c1nc(N[C@H](CO)C(C)C)cc(N2C[C@H]3CC[C@H]2c2ccccc23)n1. The summed E-state index contributed by atoms with van der Waals surface area (Å²) in [4.78, 5) is 12.2. The molecular formula is C23H32N4O. The third kappa shape index (κ3) is 3.48. The number of hydrogen-bond acceptors (Lipinski definition) is 5. The van der Waals surface area contributed by atoms with Crippen LogP contribution in [0.4, 0.5) is 11.6 Å².